The Morgan fingerprint density at radius 2 is 1.67 bits per heavy atom. The van der Waals surface area contributed by atoms with E-state index in [9.17, 15) is 20.0 Å². The first-order chi connectivity index (χ1) is 9.96. The summed E-state index contributed by atoms with van der Waals surface area (Å²) in [6.45, 7) is 0. The van der Waals surface area contributed by atoms with Crippen LogP contribution in [0.25, 0.3) is 0 Å². The maximum absolute atomic E-state index is 12.1. The van der Waals surface area contributed by atoms with E-state index in [1.807, 2.05) is 5.28 Å². The lowest BCUT2D eigenvalue weighted by Crippen LogP contribution is -2.42. The van der Waals surface area contributed by atoms with E-state index in [-0.39, 0.29) is 11.1 Å². The number of hydrogen-bond donors (Lipinski definition) is 3. The summed E-state index contributed by atoms with van der Waals surface area (Å²) < 4.78 is 0. The van der Waals surface area contributed by atoms with E-state index >= 15 is 0 Å². The van der Waals surface area contributed by atoms with Gasteiger partial charge in [0.1, 0.15) is 0 Å². The number of carbonyl (C=O) groups excluding carboxylic acids is 2. The topological polar surface area (TPSA) is 180 Å². The van der Waals surface area contributed by atoms with Crippen molar-refractivity contribution in [3.63, 3.8) is 0 Å². The lowest BCUT2D eigenvalue weighted by Gasteiger charge is -2.17. The first-order valence-corrected chi connectivity index (χ1v) is 5.41. The monoisotopic (exact) mass is 292 g/mol. The van der Waals surface area contributed by atoms with Gasteiger partial charge in [0.15, 0.2) is 0 Å². The highest BCUT2D eigenvalue weighted by Gasteiger charge is 2.50. The molecule has 0 unspecified atom stereocenters. The van der Waals surface area contributed by atoms with Crippen LogP contribution in [0.3, 0.4) is 0 Å². The molecule has 0 heterocycles. The van der Waals surface area contributed by atoms with Crippen LogP contribution in [-0.4, -0.2) is 29.4 Å². The number of benzene rings is 1. The second kappa shape index (κ2) is 6.27. The summed E-state index contributed by atoms with van der Waals surface area (Å²) in [5.41, 5.74) is 13.8. The smallest absolute Gasteiger partial charge is 0.488 e. The molecule has 0 aromatic heterocycles. The second-order valence-electron chi connectivity index (χ2n) is 3.70. The van der Waals surface area contributed by atoms with E-state index in [1.165, 1.54) is 31.3 Å². The molecule has 1 amide bonds. The Bertz CT molecular complexity index is 602. The van der Waals surface area contributed by atoms with Crippen molar-refractivity contribution in [1.29, 1.82) is 11.1 Å². The van der Waals surface area contributed by atoms with Gasteiger partial charge in [-0.05, 0) is 22.3 Å². The number of ketones is 1. The Kier molecular flexibility index (Phi) is 4.72. The van der Waals surface area contributed by atoms with Gasteiger partial charge in [0.05, 0.1) is 0 Å². The molecule has 1 aromatic carbocycles. The molecule has 1 rings (SSSR count). The first-order valence-electron chi connectivity index (χ1n) is 5.41. The molecule has 0 spiro atoms. The zero-order valence-corrected chi connectivity index (χ0v) is 10.7. The van der Waals surface area contributed by atoms with E-state index in [2.05, 4.69) is 15.5 Å². The highest BCUT2D eigenvalue weighted by molar-refractivity contribution is 6.02. The normalized spacial score (nSPS) is 13.9. The highest BCUT2D eigenvalue weighted by Crippen LogP contribution is 2.21. The molecule has 0 radical (unpaired) electrons. The lowest BCUT2D eigenvalue weighted by atomic mass is 10.0. The second-order valence-corrected chi connectivity index (χ2v) is 3.70. The molecule has 110 valence electrons. The SMILES string of the molecule is CNC(=O)c1ccc(C(=O)C(N=N)(N=N)/[N+]([O-])=N/[O-])cc1. The summed E-state index contributed by atoms with van der Waals surface area (Å²) in [5.74, 6) is -4.50. The Morgan fingerprint density at radius 3 is 2.05 bits per heavy atom. The molecule has 3 N–H and O–H groups in total. The fraction of sp³-hybridized carbons (Fsp3) is 0.200. The van der Waals surface area contributed by atoms with Crippen molar-refractivity contribution < 1.29 is 14.4 Å². The predicted octanol–water partition coefficient (Wildman–Crippen LogP) is 1.40. The van der Waals surface area contributed by atoms with Gasteiger partial charge in [0.2, 0.25) is 0 Å². The predicted molar refractivity (Wildman–Crippen MR) is 66.6 cm³/mol. The van der Waals surface area contributed by atoms with Crippen LogP contribution in [0.4, 0.5) is 0 Å². The van der Waals surface area contributed by atoms with Gasteiger partial charge in [-0.1, -0.05) is 22.4 Å². The molecule has 0 aliphatic heterocycles. The summed E-state index contributed by atoms with van der Waals surface area (Å²) in [4.78, 5) is 22.7. The van der Waals surface area contributed by atoms with Crippen molar-refractivity contribution in [3.05, 3.63) is 45.8 Å². The van der Waals surface area contributed by atoms with Crippen molar-refractivity contribution in [2.45, 2.75) is 5.79 Å². The van der Waals surface area contributed by atoms with Gasteiger partial charge in [0, 0.05) is 18.2 Å². The number of Topliss-reactive ketones (excluding diaryl/α,β-unsaturated/α-hetero) is 1. The van der Waals surface area contributed by atoms with Crippen molar-refractivity contribution in [1.82, 2.24) is 5.32 Å². The van der Waals surface area contributed by atoms with Crippen LogP contribution < -0.4 is 5.32 Å². The third kappa shape index (κ3) is 2.70. The van der Waals surface area contributed by atoms with Gasteiger partial charge in [-0.15, -0.1) is 0 Å². The molecule has 0 atom stereocenters. The zero-order valence-electron chi connectivity index (χ0n) is 10.7. The minimum atomic E-state index is -2.92. The Balaban J connectivity index is 3.26. The molecule has 0 saturated carbocycles. The average Bonchev–Trinajstić information content (AvgIpc) is 2.55. The average molecular weight is 292 g/mol. The van der Waals surface area contributed by atoms with Crippen LogP contribution >= 0.6 is 0 Å². The summed E-state index contributed by atoms with van der Waals surface area (Å²) >= 11 is 0. The van der Waals surface area contributed by atoms with Crippen molar-refractivity contribution in [2.75, 3.05) is 7.05 Å². The minimum absolute atomic E-state index is 0.167. The lowest BCUT2D eigenvalue weighted by molar-refractivity contribution is -0.590. The molecule has 11 heteroatoms. The zero-order chi connectivity index (χ0) is 16.0. The van der Waals surface area contributed by atoms with Gasteiger partial charge in [0.25, 0.3) is 11.7 Å². The fourth-order valence-electron chi connectivity index (χ4n) is 1.47. The number of hydrogen-bond acceptors (Lipinski definition) is 9. The standard InChI is InChI=1S/C10H11N7O4/c1-13-9(19)7-4-2-6(3-5-7)8(18)10(14-11,15-12)17(21)16-20/h2-5,11-12,20H,1H3,(H,13,19)/p-1/b14-11?,15-12?,17-16-. The summed E-state index contributed by atoms with van der Waals surface area (Å²) in [7, 11) is 1.43. The molecular formula is C10H10N7O4-. The largest absolute Gasteiger partial charge is 0.739 e. The maximum atomic E-state index is 12.1. The van der Waals surface area contributed by atoms with E-state index in [4.69, 9.17) is 11.1 Å². The van der Waals surface area contributed by atoms with Crippen LogP contribution in [0.15, 0.2) is 39.8 Å². The van der Waals surface area contributed by atoms with Gasteiger partial charge >= 0.3 is 5.79 Å². The van der Waals surface area contributed by atoms with E-state index in [0.717, 1.165) is 0 Å². The van der Waals surface area contributed by atoms with Gasteiger partial charge < -0.3 is 15.7 Å². The van der Waals surface area contributed by atoms with E-state index in [1.54, 1.807) is 0 Å². The van der Waals surface area contributed by atoms with Gasteiger partial charge in [-0.2, -0.15) is 0 Å². The summed E-state index contributed by atoms with van der Waals surface area (Å²) in [6.07, 6.45) is 0. The summed E-state index contributed by atoms with van der Waals surface area (Å²) in [5, 5.41) is 31.1. The Labute approximate surface area is 117 Å². The number of hydroxylamine groups is 1. The Hall–Kier alpha value is -3.24. The van der Waals surface area contributed by atoms with E-state index < -0.39 is 22.3 Å². The van der Waals surface area contributed by atoms with Crippen LogP contribution in [0.2, 0.25) is 0 Å². The van der Waals surface area contributed by atoms with Crippen molar-refractivity contribution in [2.24, 2.45) is 15.5 Å². The van der Waals surface area contributed by atoms with Gasteiger partial charge in [-0.3, -0.25) is 9.59 Å². The third-order valence-corrected chi connectivity index (χ3v) is 2.59. The molecule has 0 bridgehead atoms. The minimum Gasteiger partial charge on any atom is -0.739 e. The molecule has 0 fully saturated rings. The molecule has 0 saturated heterocycles. The molecule has 1 aromatic rings. The van der Waals surface area contributed by atoms with Gasteiger partial charge in [-0.25, -0.2) is 11.1 Å². The first kappa shape index (κ1) is 15.8. The van der Waals surface area contributed by atoms with Crippen LogP contribution in [0.1, 0.15) is 20.7 Å². The molecule has 21 heavy (non-hydrogen) atoms. The number of amides is 1. The van der Waals surface area contributed by atoms with Crippen LogP contribution in [-0.2, 0) is 0 Å². The molecular weight excluding hydrogens is 282 g/mol. The van der Waals surface area contributed by atoms with Crippen molar-refractivity contribution in [3.8, 4) is 0 Å². The number of carbonyl (C=O) groups is 2. The van der Waals surface area contributed by atoms with Crippen molar-refractivity contribution >= 4 is 11.7 Å². The number of nitrogens with zero attached hydrogens (tertiary/aromatic N) is 4. The van der Waals surface area contributed by atoms with Crippen LogP contribution in [0.5, 0.6) is 0 Å². The molecule has 0 aliphatic rings. The molecule has 0 aliphatic carbocycles. The number of rotatable bonds is 6. The number of nitrogens with one attached hydrogen (secondary N) is 3. The maximum Gasteiger partial charge on any atom is 0.488 e. The Morgan fingerprint density at radius 1 is 1.19 bits per heavy atom. The molecule has 11 nitrogen and oxygen atoms in total. The third-order valence-electron chi connectivity index (χ3n) is 2.59. The van der Waals surface area contributed by atoms with Crippen LogP contribution in [0, 0.1) is 21.5 Å². The quantitative estimate of drug-likeness (QED) is 0.310. The van der Waals surface area contributed by atoms with E-state index in [0.29, 0.717) is 0 Å². The highest BCUT2D eigenvalue weighted by atomic mass is 16.6. The fourth-order valence-corrected chi connectivity index (χ4v) is 1.47. The summed E-state index contributed by atoms with van der Waals surface area (Å²) in [6, 6.07) is 4.93.